The summed E-state index contributed by atoms with van der Waals surface area (Å²) in [7, 11) is 0. The van der Waals surface area contributed by atoms with Gasteiger partial charge in [-0.3, -0.25) is 4.57 Å². The van der Waals surface area contributed by atoms with Crippen LogP contribution in [0, 0.1) is 5.82 Å². The molecular formula is C15H10BrCl2FN2. The van der Waals surface area contributed by atoms with Crippen LogP contribution in [0.5, 0.6) is 0 Å². The van der Waals surface area contributed by atoms with Crippen molar-refractivity contribution in [3.63, 3.8) is 0 Å². The smallest absolute Gasteiger partial charge is 0.139 e. The van der Waals surface area contributed by atoms with Gasteiger partial charge in [-0.1, -0.05) is 11.6 Å². The Hall–Kier alpha value is -1.10. The molecule has 21 heavy (non-hydrogen) atoms. The molecular weight excluding hydrogens is 378 g/mol. The molecule has 0 aliphatic rings. The molecule has 0 aliphatic heterocycles. The number of benzene rings is 2. The number of hydrogen-bond acceptors (Lipinski definition) is 1. The highest BCUT2D eigenvalue weighted by Gasteiger charge is 2.14. The van der Waals surface area contributed by atoms with E-state index in [9.17, 15) is 4.39 Å². The van der Waals surface area contributed by atoms with Crippen LogP contribution in [0.4, 0.5) is 4.39 Å². The fraction of sp³-hybridized carbons (Fsp3) is 0.133. The van der Waals surface area contributed by atoms with Crippen LogP contribution in [-0.2, 0) is 6.42 Å². The first-order chi connectivity index (χ1) is 10.1. The average Bonchev–Trinajstić information content (AvgIpc) is 2.78. The van der Waals surface area contributed by atoms with E-state index in [4.69, 9.17) is 23.2 Å². The normalized spacial score (nSPS) is 11.2. The molecule has 0 radical (unpaired) electrons. The molecule has 1 heterocycles. The van der Waals surface area contributed by atoms with Crippen LogP contribution in [0.15, 0.2) is 40.9 Å². The van der Waals surface area contributed by atoms with Crippen molar-refractivity contribution in [3.8, 4) is 5.69 Å². The summed E-state index contributed by atoms with van der Waals surface area (Å²) in [5.74, 6) is 0.912. The van der Waals surface area contributed by atoms with Crippen LogP contribution in [-0.4, -0.2) is 15.4 Å². The van der Waals surface area contributed by atoms with E-state index in [0.717, 1.165) is 17.0 Å². The minimum absolute atomic E-state index is 0.324. The number of fused-ring (bicyclic) bond motifs is 1. The van der Waals surface area contributed by atoms with E-state index in [1.165, 1.54) is 6.07 Å². The van der Waals surface area contributed by atoms with Crippen LogP contribution in [0.1, 0.15) is 5.82 Å². The molecule has 2 nitrogen and oxygen atoms in total. The van der Waals surface area contributed by atoms with Gasteiger partial charge in [-0.25, -0.2) is 9.37 Å². The second kappa shape index (κ2) is 5.95. The van der Waals surface area contributed by atoms with E-state index < -0.39 is 0 Å². The van der Waals surface area contributed by atoms with Crippen molar-refractivity contribution in [2.45, 2.75) is 6.42 Å². The van der Waals surface area contributed by atoms with Crippen molar-refractivity contribution >= 4 is 50.2 Å². The highest BCUT2D eigenvalue weighted by atomic mass is 79.9. The molecule has 3 aromatic rings. The molecule has 0 spiro atoms. The molecule has 6 heteroatoms. The number of alkyl halides is 1. The molecule has 3 rings (SSSR count). The lowest BCUT2D eigenvalue weighted by molar-refractivity contribution is 0.622. The van der Waals surface area contributed by atoms with Gasteiger partial charge < -0.3 is 0 Å². The second-order valence-electron chi connectivity index (χ2n) is 4.53. The van der Waals surface area contributed by atoms with Gasteiger partial charge in [0.15, 0.2) is 0 Å². The van der Waals surface area contributed by atoms with Gasteiger partial charge >= 0.3 is 0 Å². The Morgan fingerprint density at radius 3 is 2.57 bits per heavy atom. The topological polar surface area (TPSA) is 17.8 Å². The molecule has 108 valence electrons. The summed E-state index contributed by atoms with van der Waals surface area (Å²) >= 11 is 15.0. The van der Waals surface area contributed by atoms with Crippen LogP contribution < -0.4 is 0 Å². The lowest BCUT2D eigenvalue weighted by Gasteiger charge is -2.09. The summed E-state index contributed by atoms with van der Waals surface area (Å²) < 4.78 is 16.2. The lowest BCUT2D eigenvalue weighted by Crippen LogP contribution is -2.02. The Labute approximate surface area is 139 Å². The molecule has 0 fully saturated rings. The van der Waals surface area contributed by atoms with Crippen LogP contribution in [0.3, 0.4) is 0 Å². The summed E-state index contributed by atoms with van der Waals surface area (Å²) in [4.78, 5) is 4.55. The van der Waals surface area contributed by atoms with Gasteiger partial charge in [-0.2, -0.15) is 0 Å². The van der Waals surface area contributed by atoms with Gasteiger partial charge in [0.05, 0.1) is 15.5 Å². The van der Waals surface area contributed by atoms with Crippen LogP contribution in [0.25, 0.3) is 16.7 Å². The average molecular weight is 388 g/mol. The lowest BCUT2D eigenvalue weighted by atomic mass is 10.2. The molecule has 0 saturated heterocycles. The fourth-order valence-corrected chi connectivity index (χ4v) is 2.88. The third-order valence-electron chi connectivity index (χ3n) is 3.17. The van der Waals surface area contributed by atoms with Crippen molar-refractivity contribution in [2.24, 2.45) is 0 Å². The highest BCUT2D eigenvalue weighted by Crippen LogP contribution is 2.27. The van der Waals surface area contributed by atoms with Crippen LogP contribution in [0.2, 0.25) is 5.02 Å². The first-order valence-electron chi connectivity index (χ1n) is 6.28. The number of rotatable bonds is 3. The van der Waals surface area contributed by atoms with Crippen molar-refractivity contribution in [1.29, 1.82) is 0 Å². The summed E-state index contributed by atoms with van der Waals surface area (Å²) in [5, 5.41) is 0.649. The van der Waals surface area contributed by atoms with Gasteiger partial charge in [0.1, 0.15) is 11.6 Å². The molecule has 0 amide bonds. The number of hydrogen-bond donors (Lipinski definition) is 0. The Balaban J connectivity index is 2.29. The summed E-state index contributed by atoms with van der Waals surface area (Å²) in [6, 6.07) is 10.5. The predicted octanol–water partition coefficient (Wildman–Crippen LogP) is 5.36. The number of halogens is 4. The number of aromatic nitrogens is 2. The monoisotopic (exact) mass is 386 g/mol. The van der Waals surface area contributed by atoms with E-state index >= 15 is 0 Å². The Morgan fingerprint density at radius 1 is 1.19 bits per heavy atom. The molecule has 0 bridgehead atoms. The van der Waals surface area contributed by atoms with E-state index in [-0.39, 0.29) is 5.82 Å². The second-order valence-corrected chi connectivity index (χ2v) is 6.20. The zero-order chi connectivity index (χ0) is 15.0. The third kappa shape index (κ3) is 2.80. The van der Waals surface area contributed by atoms with Gasteiger partial charge in [-0.05, 0) is 46.3 Å². The van der Waals surface area contributed by atoms with E-state index in [0.29, 0.717) is 27.3 Å². The standard InChI is InChI=1S/C15H10BrCl2FN2/c16-11-7-13-14(8-12(11)19)21(15(20-13)5-6-17)10-3-1-9(18)2-4-10/h1-4,7-8H,5-6H2. The number of imidazole rings is 1. The fourth-order valence-electron chi connectivity index (χ4n) is 2.25. The molecule has 0 atom stereocenters. The Kier molecular flexibility index (Phi) is 4.20. The summed E-state index contributed by atoms with van der Waals surface area (Å²) in [6.07, 6.45) is 0.595. The third-order valence-corrected chi connectivity index (χ3v) is 4.22. The maximum Gasteiger partial charge on any atom is 0.139 e. The summed E-state index contributed by atoms with van der Waals surface area (Å²) in [5.41, 5.74) is 2.31. The van der Waals surface area contributed by atoms with Gasteiger partial charge in [0.25, 0.3) is 0 Å². The summed E-state index contributed by atoms with van der Waals surface area (Å²) in [6.45, 7) is 0. The van der Waals surface area contributed by atoms with Crippen molar-refractivity contribution < 1.29 is 4.39 Å². The van der Waals surface area contributed by atoms with Crippen molar-refractivity contribution in [1.82, 2.24) is 9.55 Å². The van der Waals surface area contributed by atoms with Crippen molar-refractivity contribution in [2.75, 3.05) is 5.88 Å². The maximum atomic E-state index is 13.9. The van der Waals surface area contributed by atoms with Gasteiger partial charge in [0, 0.05) is 29.1 Å². The van der Waals surface area contributed by atoms with E-state index in [1.807, 2.05) is 16.7 Å². The van der Waals surface area contributed by atoms with Gasteiger partial charge in [-0.15, -0.1) is 11.6 Å². The quantitative estimate of drug-likeness (QED) is 0.553. The Morgan fingerprint density at radius 2 is 1.90 bits per heavy atom. The molecule has 2 aromatic carbocycles. The van der Waals surface area contributed by atoms with E-state index in [1.54, 1.807) is 18.2 Å². The highest BCUT2D eigenvalue weighted by molar-refractivity contribution is 9.10. The molecule has 0 N–H and O–H groups in total. The van der Waals surface area contributed by atoms with Gasteiger partial charge in [0.2, 0.25) is 0 Å². The molecule has 0 aliphatic carbocycles. The number of aryl methyl sites for hydroxylation is 1. The molecule has 0 unspecified atom stereocenters. The first kappa shape index (κ1) is 14.8. The number of nitrogens with zero attached hydrogens (tertiary/aromatic N) is 2. The maximum absolute atomic E-state index is 13.9. The van der Waals surface area contributed by atoms with E-state index in [2.05, 4.69) is 20.9 Å². The largest absolute Gasteiger partial charge is 0.296 e. The Bertz CT molecular complexity index is 800. The minimum atomic E-state index is -0.324. The predicted molar refractivity (Wildman–Crippen MR) is 88.2 cm³/mol. The SMILES string of the molecule is Fc1cc2c(cc1Br)nc(CCCl)n2-c1ccc(Cl)cc1. The minimum Gasteiger partial charge on any atom is -0.296 e. The molecule has 0 saturated carbocycles. The molecule has 1 aromatic heterocycles. The van der Waals surface area contributed by atoms with Crippen LogP contribution >= 0.6 is 39.1 Å². The van der Waals surface area contributed by atoms with Crippen molar-refractivity contribution in [3.05, 3.63) is 57.5 Å². The first-order valence-corrected chi connectivity index (χ1v) is 7.99. The zero-order valence-corrected chi connectivity index (χ0v) is 13.9. The zero-order valence-electron chi connectivity index (χ0n) is 10.8.